The van der Waals surface area contributed by atoms with Crippen molar-refractivity contribution in [3.8, 4) is 0 Å². The van der Waals surface area contributed by atoms with Crippen LogP contribution >= 0.6 is 11.6 Å². The Morgan fingerprint density at radius 3 is 2.27 bits per heavy atom. The minimum Gasteiger partial charge on any atom is -0.325 e. The first-order chi connectivity index (χ1) is 14.1. The zero-order valence-corrected chi connectivity index (χ0v) is 18.7. The second-order valence-corrected chi connectivity index (χ2v) is 9.78. The number of hydrogen-bond acceptors (Lipinski definition) is 4. The van der Waals surface area contributed by atoms with E-state index in [-0.39, 0.29) is 34.4 Å². The summed E-state index contributed by atoms with van der Waals surface area (Å²) in [5.41, 5.74) is 1.69. The van der Waals surface area contributed by atoms with Crippen LogP contribution in [0.15, 0.2) is 46.1 Å². The molecule has 1 N–H and O–H groups in total. The van der Waals surface area contributed by atoms with Crippen molar-refractivity contribution >= 4 is 44.1 Å². The summed E-state index contributed by atoms with van der Waals surface area (Å²) in [6, 6.07) is 9.89. The molecule has 30 heavy (non-hydrogen) atoms. The molecule has 0 radical (unpaired) electrons. The number of halogens is 1. The van der Waals surface area contributed by atoms with E-state index in [0.717, 1.165) is 12.0 Å². The van der Waals surface area contributed by atoms with Crippen molar-refractivity contribution in [1.82, 2.24) is 9.13 Å². The number of sulfone groups is 1. The average molecular weight is 450 g/mol. The Hall–Kier alpha value is -2.58. The van der Waals surface area contributed by atoms with Crippen LogP contribution in [0.1, 0.15) is 25.3 Å². The minimum absolute atomic E-state index is 0.0223. The van der Waals surface area contributed by atoms with Gasteiger partial charge in [-0.15, -0.1) is 0 Å². The van der Waals surface area contributed by atoms with E-state index in [1.54, 1.807) is 44.4 Å². The lowest BCUT2D eigenvalue weighted by Gasteiger charge is -2.13. The number of rotatable bonds is 7. The third-order valence-electron chi connectivity index (χ3n) is 5.03. The van der Waals surface area contributed by atoms with Crippen LogP contribution in [0.3, 0.4) is 0 Å². The number of hydrogen-bond donors (Lipinski definition) is 1. The van der Waals surface area contributed by atoms with Crippen LogP contribution in [0, 0.1) is 0 Å². The Morgan fingerprint density at radius 2 is 1.67 bits per heavy atom. The number of anilines is 1. The third-order valence-corrected chi connectivity index (χ3v) is 7.11. The molecule has 0 saturated heterocycles. The van der Waals surface area contributed by atoms with Crippen molar-refractivity contribution in [1.29, 1.82) is 0 Å². The lowest BCUT2D eigenvalue weighted by atomic mass is 10.1. The number of aryl methyl sites for hydroxylation is 2. The molecule has 0 atom stereocenters. The van der Waals surface area contributed by atoms with Crippen LogP contribution in [0.2, 0.25) is 5.02 Å². The molecule has 0 spiro atoms. The molecule has 160 valence electrons. The Morgan fingerprint density at radius 1 is 1.07 bits per heavy atom. The van der Waals surface area contributed by atoms with E-state index in [9.17, 15) is 18.0 Å². The van der Waals surface area contributed by atoms with E-state index in [1.165, 1.54) is 15.2 Å². The molecule has 0 aliphatic heterocycles. The van der Waals surface area contributed by atoms with Crippen molar-refractivity contribution in [2.45, 2.75) is 31.1 Å². The van der Waals surface area contributed by atoms with Gasteiger partial charge in [-0.1, -0.05) is 37.1 Å². The summed E-state index contributed by atoms with van der Waals surface area (Å²) in [5.74, 6) is -0.389. The topological polar surface area (TPSA) is 90.2 Å². The number of fused-ring (bicyclic) bond motifs is 1. The SMILES string of the molecule is CCCCS(=O)(=O)c1cc2c(cc1NC(=O)Cc1ccc(Cl)cc1)n(C)c(=O)n2C. The van der Waals surface area contributed by atoms with E-state index in [2.05, 4.69) is 5.32 Å². The quantitative estimate of drug-likeness (QED) is 0.599. The van der Waals surface area contributed by atoms with Gasteiger partial charge in [0.1, 0.15) is 0 Å². The largest absolute Gasteiger partial charge is 0.328 e. The first-order valence-corrected chi connectivity index (χ1v) is 11.6. The molecule has 7 nitrogen and oxygen atoms in total. The molecule has 1 heterocycles. The highest BCUT2D eigenvalue weighted by molar-refractivity contribution is 7.91. The highest BCUT2D eigenvalue weighted by Gasteiger charge is 2.23. The standard InChI is InChI=1S/C21H24ClN3O4S/c1-4-5-10-30(28,29)19-13-18-17(24(2)21(27)25(18)3)12-16(19)23-20(26)11-14-6-8-15(22)9-7-14/h6-9,12-13H,4-5,10-11H2,1-3H3,(H,23,26). The second-order valence-electron chi connectivity index (χ2n) is 7.26. The molecule has 0 bridgehead atoms. The smallest absolute Gasteiger partial charge is 0.325 e. The Balaban J connectivity index is 2.05. The molecule has 2 aromatic carbocycles. The van der Waals surface area contributed by atoms with Crippen LogP contribution in [-0.4, -0.2) is 29.2 Å². The molecule has 0 saturated carbocycles. The van der Waals surface area contributed by atoms with Gasteiger partial charge in [-0.25, -0.2) is 13.2 Å². The summed E-state index contributed by atoms with van der Waals surface area (Å²) in [4.78, 5) is 25.0. The number of benzene rings is 2. The van der Waals surface area contributed by atoms with E-state index < -0.39 is 9.84 Å². The molecule has 0 unspecified atom stereocenters. The molecule has 0 fully saturated rings. The summed E-state index contributed by atoms with van der Waals surface area (Å²) < 4.78 is 28.8. The molecular formula is C21H24ClN3O4S. The minimum atomic E-state index is -3.65. The van der Waals surface area contributed by atoms with Gasteiger partial charge in [-0.05, 0) is 36.2 Å². The molecule has 3 rings (SSSR count). The molecule has 9 heteroatoms. The van der Waals surface area contributed by atoms with Gasteiger partial charge in [0.25, 0.3) is 0 Å². The molecule has 1 aromatic heterocycles. The lowest BCUT2D eigenvalue weighted by Crippen LogP contribution is -2.19. The van der Waals surface area contributed by atoms with Gasteiger partial charge >= 0.3 is 5.69 Å². The Bertz CT molecular complexity index is 1260. The van der Waals surface area contributed by atoms with Crippen molar-refractivity contribution in [2.75, 3.05) is 11.1 Å². The zero-order chi connectivity index (χ0) is 22.1. The fourth-order valence-corrected chi connectivity index (χ4v) is 5.06. The van der Waals surface area contributed by atoms with Gasteiger partial charge in [0.2, 0.25) is 5.91 Å². The zero-order valence-electron chi connectivity index (χ0n) is 17.1. The number of carbonyl (C=O) groups excluding carboxylic acids is 1. The first kappa shape index (κ1) is 22.1. The summed E-state index contributed by atoms with van der Waals surface area (Å²) in [6.07, 6.45) is 1.30. The van der Waals surface area contributed by atoms with E-state index >= 15 is 0 Å². The summed E-state index contributed by atoms with van der Waals surface area (Å²) in [6.45, 7) is 1.91. The fraction of sp³-hybridized carbons (Fsp3) is 0.333. The molecule has 0 aliphatic rings. The molecule has 1 amide bonds. The number of aromatic nitrogens is 2. The maximum Gasteiger partial charge on any atom is 0.328 e. The molecule has 3 aromatic rings. The molecular weight excluding hydrogens is 426 g/mol. The predicted molar refractivity (Wildman–Crippen MR) is 119 cm³/mol. The number of unbranched alkanes of at least 4 members (excludes halogenated alkanes) is 1. The highest BCUT2D eigenvalue weighted by atomic mass is 35.5. The van der Waals surface area contributed by atoms with Gasteiger partial charge in [0.05, 0.1) is 33.8 Å². The van der Waals surface area contributed by atoms with Crippen LogP contribution in [0.5, 0.6) is 0 Å². The lowest BCUT2D eigenvalue weighted by molar-refractivity contribution is -0.115. The fourth-order valence-electron chi connectivity index (χ4n) is 3.31. The summed E-state index contributed by atoms with van der Waals surface area (Å²) >= 11 is 5.88. The maximum atomic E-state index is 13.0. The Kier molecular flexibility index (Phi) is 6.38. The van der Waals surface area contributed by atoms with Gasteiger partial charge < -0.3 is 5.32 Å². The monoisotopic (exact) mass is 449 g/mol. The van der Waals surface area contributed by atoms with Gasteiger partial charge in [-0.2, -0.15) is 0 Å². The Labute approximate surface area is 180 Å². The van der Waals surface area contributed by atoms with Gasteiger partial charge in [0.15, 0.2) is 9.84 Å². The summed E-state index contributed by atoms with van der Waals surface area (Å²) in [7, 11) is -0.450. The van der Waals surface area contributed by atoms with Gasteiger partial charge in [-0.3, -0.25) is 13.9 Å². The van der Waals surface area contributed by atoms with Crippen molar-refractivity contribution < 1.29 is 13.2 Å². The van der Waals surface area contributed by atoms with E-state index in [0.29, 0.717) is 22.5 Å². The predicted octanol–water partition coefficient (Wildman–Crippen LogP) is 3.29. The van der Waals surface area contributed by atoms with Crippen LogP contribution in [0.4, 0.5) is 5.69 Å². The van der Waals surface area contributed by atoms with Gasteiger partial charge in [0, 0.05) is 19.1 Å². The average Bonchev–Trinajstić information content (AvgIpc) is 2.91. The highest BCUT2D eigenvalue weighted by Crippen LogP contribution is 2.29. The van der Waals surface area contributed by atoms with E-state index in [4.69, 9.17) is 11.6 Å². The number of imidazole rings is 1. The van der Waals surface area contributed by atoms with Crippen LogP contribution in [0.25, 0.3) is 11.0 Å². The van der Waals surface area contributed by atoms with Crippen molar-refractivity contribution in [3.05, 3.63) is 57.5 Å². The van der Waals surface area contributed by atoms with Crippen molar-refractivity contribution in [3.63, 3.8) is 0 Å². The molecule has 0 aliphatic carbocycles. The van der Waals surface area contributed by atoms with Crippen LogP contribution in [-0.2, 0) is 35.1 Å². The van der Waals surface area contributed by atoms with E-state index in [1.807, 2.05) is 6.92 Å². The van der Waals surface area contributed by atoms with Crippen molar-refractivity contribution in [2.24, 2.45) is 14.1 Å². The van der Waals surface area contributed by atoms with Crippen LogP contribution < -0.4 is 11.0 Å². The normalized spacial score (nSPS) is 11.7. The second kappa shape index (κ2) is 8.65. The number of carbonyl (C=O) groups is 1. The number of nitrogens with one attached hydrogen (secondary N) is 1. The number of nitrogens with zero attached hydrogens (tertiary/aromatic N) is 2. The first-order valence-electron chi connectivity index (χ1n) is 9.60. The third kappa shape index (κ3) is 4.44. The maximum absolute atomic E-state index is 13.0. The number of amides is 1. The summed E-state index contributed by atoms with van der Waals surface area (Å²) in [5, 5.41) is 3.30.